The molecule has 0 saturated carbocycles. The molecule has 0 aromatic heterocycles. The number of amides is 1. The van der Waals surface area contributed by atoms with Crippen LogP contribution in [0.4, 0.5) is 0 Å². The Bertz CT molecular complexity index is 939. The van der Waals surface area contributed by atoms with Crippen LogP contribution in [0.2, 0.25) is 10.0 Å². The number of benzene rings is 3. The highest BCUT2D eigenvalue weighted by atomic mass is 35.5. The molecule has 3 unspecified atom stereocenters. The number of nitrogens with one attached hydrogen (secondary N) is 1. The maximum Gasteiger partial charge on any atom is 0.223 e. The summed E-state index contributed by atoms with van der Waals surface area (Å²) in [5.41, 5.74) is 3.51. The van der Waals surface area contributed by atoms with E-state index in [0.717, 1.165) is 17.0 Å². The van der Waals surface area contributed by atoms with Gasteiger partial charge in [-0.25, -0.2) is 0 Å². The van der Waals surface area contributed by atoms with Crippen molar-refractivity contribution in [1.29, 1.82) is 0 Å². The number of carbonyl (C=O) groups is 1. The van der Waals surface area contributed by atoms with Gasteiger partial charge in [0.15, 0.2) is 0 Å². The summed E-state index contributed by atoms with van der Waals surface area (Å²) in [5.74, 6) is 0.301. The lowest BCUT2D eigenvalue weighted by molar-refractivity contribution is -0.124. The minimum atomic E-state index is -0.0934. The van der Waals surface area contributed by atoms with Crippen molar-refractivity contribution >= 4 is 29.1 Å². The van der Waals surface area contributed by atoms with E-state index in [-0.39, 0.29) is 23.7 Å². The lowest BCUT2D eigenvalue weighted by Gasteiger charge is -2.26. The second-order valence-corrected chi connectivity index (χ2v) is 8.71. The molecule has 0 heterocycles. The molecular formula is C26H27Cl2NO. The summed E-state index contributed by atoms with van der Waals surface area (Å²) in [7, 11) is 0. The molecule has 4 heteroatoms. The molecular weight excluding hydrogens is 413 g/mol. The third kappa shape index (κ3) is 6.10. The van der Waals surface area contributed by atoms with Crippen LogP contribution in [0.25, 0.3) is 0 Å². The topological polar surface area (TPSA) is 29.1 Å². The van der Waals surface area contributed by atoms with Crippen molar-refractivity contribution in [2.75, 3.05) is 6.54 Å². The highest BCUT2D eigenvalue weighted by Crippen LogP contribution is 2.33. The Balaban J connectivity index is 1.72. The van der Waals surface area contributed by atoms with Crippen molar-refractivity contribution in [3.8, 4) is 0 Å². The average Bonchev–Trinajstić information content (AvgIpc) is 2.76. The maximum absolute atomic E-state index is 12.8. The van der Waals surface area contributed by atoms with Crippen molar-refractivity contribution in [1.82, 2.24) is 5.32 Å². The van der Waals surface area contributed by atoms with Gasteiger partial charge < -0.3 is 5.32 Å². The fourth-order valence-electron chi connectivity index (χ4n) is 3.74. The summed E-state index contributed by atoms with van der Waals surface area (Å²) in [5, 5.41) is 4.61. The monoisotopic (exact) mass is 439 g/mol. The van der Waals surface area contributed by atoms with Crippen LogP contribution in [0, 0.1) is 5.92 Å². The van der Waals surface area contributed by atoms with Gasteiger partial charge in [-0.2, -0.15) is 0 Å². The van der Waals surface area contributed by atoms with E-state index in [0.29, 0.717) is 11.6 Å². The van der Waals surface area contributed by atoms with E-state index in [4.69, 9.17) is 23.2 Å². The number of hydrogen-bond donors (Lipinski definition) is 1. The Kier molecular flexibility index (Phi) is 7.95. The molecule has 3 aromatic carbocycles. The smallest absolute Gasteiger partial charge is 0.223 e. The summed E-state index contributed by atoms with van der Waals surface area (Å²) in [4.78, 5) is 12.8. The fraction of sp³-hybridized carbons (Fsp3) is 0.269. The fourth-order valence-corrected chi connectivity index (χ4v) is 3.99. The van der Waals surface area contributed by atoms with E-state index in [9.17, 15) is 4.79 Å². The molecule has 156 valence electrons. The second kappa shape index (κ2) is 10.7. The summed E-state index contributed by atoms with van der Waals surface area (Å²) in [6, 6.07) is 25.9. The molecule has 0 spiro atoms. The first kappa shape index (κ1) is 22.4. The van der Waals surface area contributed by atoms with Crippen LogP contribution in [0.1, 0.15) is 42.4 Å². The molecule has 30 heavy (non-hydrogen) atoms. The minimum absolute atomic E-state index is 0.0705. The number of hydrogen-bond acceptors (Lipinski definition) is 1. The highest BCUT2D eigenvalue weighted by molar-refractivity contribution is 6.30. The van der Waals surface area contributed by atoms with Gasteiger partial charge in [-0.1, -0.05) is 91.6 Å². The third-order valence-electron chi connectivity index (χ3n) is 5.63. The van der Waals surface area contributed by atoms with Crippen LogP contribution >= 0.6 is 23.2 Å². The van der Waals surface area contributed by atoms with Crippen LogP contribution < -0.4 is 5.32 Å². The van der Waals surface area contributed by atoms with Crippen LogP contribution in [0.3, 0.4) is 0 Å². The van der Waals surface area contributed by atoms with Crippen molar-refractivity contribution in [3.63, 3.8) is 0 Å². The van der Waals surface area contributed by atoms with Crippen LogP contribution in [0.15, 0.2) is 78.9 Å². The third-order valence-corrected chi connectivity index (χ3v) is 6.13. The van der Waals surface area contributed by atoms with Crippen LogP contribution in [-0.4, -0.2) is 12.5 Å². The van der Waals surface area contributed by atoms with Gasteiger partial charge in [0, 0.05) is 28.4 Å². The first-order valence-electron chi connectivity index (χ1n) is 10.3. The molecule has 0 saturated heterocycles. The van der Waals surface area contributed by atoms with E-state index in [1.165, 1.54) is 11.1 Å². The van der Waals surface area contributed by atoms with Gasteiger partial charge in [-0.15, -0.1) is 0 Å². The minimum Gasteiger partial charge on any atom is -0.355 e. The SMILES string of the molecule is CC(Cc1ccccc1)C(=O)NCC(c1ccc(Cl)cc1)C(C)c1ccc(Cl)cc1. The Morgan fingerprint density at radius 2 is 1.33 bits per heavy atom. The molecule has 0 radical (unpaired) electrons. The van der Waals surface area contributed by atoms with Crippen LogP contribution in [0.5, 0.6) is 0 Å². The first-order valence-corrected chi connectivity index (χ1v) is 11.0. The predicted octanol–water partition coefficient (Wildman–Crippen LogP) is 6.88. The zero-order valence-corrected chi connectivity index (χ0v) is 18.8. The number of rotatable bonds is 8. The largest absolute Gasteiger partial charge is 0.355 e. The molecule has 1 amide bonds. The Morgan fingerprint density at radius 3 is 1.90 bits per heavy atom. The van der Waals surface area contributed by atoms with E-state index in [1.54, 1.807) is 0 Å². The highest BCUT2D eigenvalue weighted by Gasteiger charge is 2.23. The molecule has 3 aromatic rings. The van der Waals surface area contributed by atoms with Gasteiger partial charge in [0.25, 0.3) is 0 Å². The number of carbonyl (C=O) groups excluding carboxylic acids is 1. The lowest BCUT2D eigenvalue weighted by atomic mass is 9.82. The van der Waals surface area contributed by atoms with Gasteiger partial charge in [0.1, 0.15) is 0 Å². The predicted molar refractivity (Wildman–Crippen MR) is 126 cm³/mol. The van der Waals surface area contributed by atoms with Crippen molar-refractivity contribution in [3.05, 3.63) is 106 Å². The van der Waals surface area contributed by atoms with Crippen molar-refractivity contribution in [2.24, 2.45) is 5.92 Å². The molecule has 0 bridgehead atoms. The average molecular weight is 440 g/mol. The Labute approximate surface area is 189 Å². The van der Waals surface area contributed by atoms with Crippen molar-refractivity contribution < 1.29 is 4.79 Å². The Hall–Kier alpha value is -2.29. The van der Waals surface area contributed by atoms with Gasteiger partial charge >= 0.3 is 0 Å². The quantitative estimate of drug-likeness (QED) is 0.407. The van der Waals surface area contributed by atoms with Gasteiger partial charge in [-0.05, 0) is 53.3 Å². The Morgan fingerprint density at radius 1 is 0.800 bits per heavy atom. The standard InChI is InChI=1S/C26H27Cl2NO/c1-18(16-20-6-4-3-5-7-20)26(30)29-17-25(22-10-14-24(28)15-11-22)19(2)21-8-12-23(27)13-9-21/h3-15,18-19,25H,16-17H2,1-2H3,(H,29,30). The summed E-state index contributed by atoms with van der Waals surface area (Å²) < 4.78 is 0. The molecule has 2 nitrogen and oxygen atoms in total. The molecule has 0 aliphatic heterocycles. The molecule has 3 rings (SSSR count). The van der Waals surface area contributed by atoms with Gasteiger partial charge in [-0.3, -0.25) is 4.79 Å². The normalized spacial score (nSPS) is 14.0. The first-order chi connectivity index (χ1) is 14.4. The summed E-state index contributed by atoms with van der Waals surface area (Å²) in [6.45, 7) is 4.72. The zero-order chi connectivity index (χ0) is 21.5. The van der Waals surface area contributed by atoms with Gasteiger partial charge in [0.05, 0.1) is 0 Å². The van der Waals surface area contributed by atoms with E-state index in [1.807, 2.05) is 61.5 Å². The van der Waals surface area contributed by atoms with Crippen LogP contribution in [-0.2, 0) is 11.2 Å². The molecule has 0 fully saturated rings. The molecule has 1 N–H and O–H groups in total. The number of halogens is 2. The zero-order valence-electron chi connectivity index (χ0n) is 17.3. The lowest BCUT2D eigenvalue weighted by Crippen LogP contribution is -2.34. The second-order valence-electron chi connectivity index (χ2n) is 7.83. The molecule has 0 aliphatic rings. The summed E-state index contributed by atoms with van der Waals surface area (Å²) in [6.07, 6.45) is 0.727. The van der Waals surface area contributed by atoms with E-state index < -0.39 is 0 Å². The van der Waals surface area contributed by atoms with E-state index >= 15 is 0 Å². The van der Waals surface area contributed by atoms with E-state index in [2.05, 4.69) is 36.5 Å². The molecule has 3 atom stereocenters. The molecule has 0 aliphatic carbocycles. The summed E-state index contributed by atoms with van der Waals surface area (Å²) >= 11 is 12.2. The van der Waals surface area contributed by atoms with Crippen molar-refractivity contribution in [2.45, 2.75) is 32.1 Å². The maximum atomic E-state index is 12.8. The van der Waals surface area contributed by atoms with Gasteiger partial charge in [0.2, 0.25) is 5.91 Å².